The molecule has 2 heteroatoms. The van der Waals surface area contributed by atoms with E-state index in [0.29, 0.717) is 5.02 Å². The van der Waals surface area contributed by atoms with Gasteiger partial charge >= 0.3 is 0 Å². The quantitative estimate of drug-likeness (QED) is 0.798. The first-order chi connectivity index (χ1) is 8.51. The molecular weight excluding hydrogens is 244 g/mol. The molecule has 0 aliphatic heterocycles. The molecule has 2 aromatic rings. The molecule has 0 spiro atoms. The van der Waals surface area contributed by atoms with Crippen LogP contribution in [0.25, 0.3) is 10.8 Å². The zero-order chi connectivity index (χ0) is 13.3. The molecular formula is C16H19ClO. The van der Waals surface area contributed by atoms with Crippen LogP contribution in [0, 0.1) is 0 Å². The Balaban J connectivity index is 2.62. The number of halogens is 1. The van der Waals surface area contributed by atoms with Crippen LogP contribution in [0.4, 0.5) is 0 Å². The molecule has 1 nitrogen and oxygen atoms in total. The largest absolute Gasteiger partial charge is 0.506 e. The van der Waals surface area contributed by atoms with Gasteiger partial charge in [-0.2, -0.15) is 0 Å². The minimum absolute atomic E-state index is 0.144. The number of phenols is 1. The predicted octanol–water partition coefficient (Wildman–Crippen LogP) is 5.28. The molecule has 0 bridgehead atoms. The average molecular weight is 263 g/mol. The van der Waals surface area contributed by atoms with Crippen molar-refractivity contribution in [2.75, 3.05) is 0 Å². The smallest absolute Gasteiger partial charge is 0.134 e. The number of rotatable bonds is 3. The van der Waals surface area contributed by atoms with Gasteiger partial charge in [0.2, 0.25) is 0 Å². The lowest BCUT2D eigenvalue weighted by Gasteiger charge is -2.27. The minimum atomic E-state index is 0.144. The molecule has 0 radical (unpaired) electrons. The molecule has 0 unspecified atom stereocenters. The van der Waals surface area contributed by atoms with Crippen LogP contribution in [0.1, 0.15) is 39.2 Å². The van der Waals surface area contributed by atoms with Crippen molar-refractivity contribution in [2.45, 2.75) is 39.0 Å². The lowest BCUT2D eigenvalue weighted by Crippen LogP contribution is -2.19. The fraction of sp³-hybridized carbons (Fsp3) is 0.375. The Labute approximate surface area is 113 Å². The summed E-state index contributed by atoms with van der Waals surface area (Å²) in [5, 5.41) is 12.0. The molecule has 2 aromatic carbocycles. The third-order valence-corrected chi connectivity index (χ3v) is 4.59. The summed E-state index contributed by atoms with van der Waals surface area (Å²) in [6.45, 7) is 6.73. The van der Waals surface area contributed by atoms with E-state index in [2.05, 4.69) is 32.9 Å². The third kappa shape index (κ3) is 2.08. The van der Waals surface area contributed by atoms with Gasteiger partial charge in [0.15, 0.2) is 0 Å². The lowest BCUT2D eigenvalue weighted by atomic mass is 9.77. The van der Waals surface area contributed by atoms with Crippen molar-refractivity contribution in [3.05, 3.63) is 40.9 Å². The highest BCUT2D eigenvalue weighted by Gasteiger charge is 2.22. The highest BCUT2D eigenvalue weighted by molar-refractivity contribution is 6.37. The van der Waals surface area contributed by atoms with Crippen LogP contribution in [0.5, 0.6) is 5.75 Å². The fourth-order valence-corrected chi connectivity index (χ4v) is 2.55. The Morgan fingerprint density at radius 3 is 2.39 bits per heavy atom. The van der Waals surface area contributed by atoms with E-state index in [9.17, 15) is 5.11 Å². The zero-order valence-electron chi connectivity index (χ0n) is 11.1. The van der Waals surface area contributed by atoms with Crippen molar-refractivity contribution in [3.8, 4) is 5.75 Å². The molecule has 0 atom stereocenters. The highest BCUT2D eigenvalue weighted by atomic mass is 35.5. The topological polar surface area (TPSA) is 20.2 Å². The Hall–Kier alpha value is -1.21. The zero-order valence-corrected chi connectivity index (χ0v) is 11.9. The Morgan fingerprint density at radius 1 is 1.11 bits per heavy atom. The molecule has 0 aliphatic carbocycles. The number of hydrogen-bond donors (Lipinski definition) is 1. The fourth-order valence-electron chi connectivity index (χ4n) is 2.31. The normalized spacial score (nSPS) is 12.0. The molecule has 0 saturated heterocycles. The summed E-state index contributed by atoms with van der Waals surface area (Å²) in [7, 11) is 0. The summed E-state index contributed by atoms with van der Waals surface area (Å²) in [4.78, 5) is 0. The van der Waals surface area contributed by atoms with Crippen molar-refractivity contribution >= 4 is 22.4 Å². The molecule has 0 aliphatic rings. The van der Waals surface area contributed by atoms with E-state index in [1.807, 2.05) is 12.1 Å². The number of hydrogen-bond acceptors (Lipinski definition) is 1. The monoisotopic (exact) mass is 262 g/mol. The average Bonchev–Trinajstić information content (AvgIpc) is 2.41. The van der Waals surface area contributed by atoms with E-state index in [1.165, 1.54) is 5.56 Å². The van der Waals surface area contributed by atoms with Crippen molar-refractivity contribution in [2.24, 2.45) is 0 Å². The Bertz CT molecular complexity index is 571. The van der Waals surface area contributed by atoms with Crippen LogP contribution in [-0.4, -0.2) is 5.11 Å². The van der Waals surface area contributed by atoms with Gasteiger partial charge in [0.1, 0.15) is 5.75 Å². The van der Waals surface area contributed by atoms with E-state index in [-0.39, 0.29) is 11.2 Å². The van der Waals surface area contributed by atoms with E-state index in [1.54, 1.807) is 6.07 Å². The van der Waals surface area contributed by atoms with Crippen molar-refractivity contribution in [1.29, 1.82) is 0 Å². The molecule has 18 heavy (non-hydrogen) atoms. The molecule has 0 saturated carbocycles. The van der Waals surface area contributed by atoms with Crippen LogP contribution in [0.2, 0.25) is 5.02 Å². The summed E-state index contributed by atoms with van der Waals surface area (Å²) >= 11 is 6.11. The summed E-state index contributed by atoms with van der Waals surface area (Å²) < 4.78 is 0. The second-order valence-electron chi connectivity index (χ2n) is 5.10. The first-order valence-electron chi connectivity index (χ1n) is 6.43. The van der Waals surface area contributed by atoms with Crippen LogP contribution in [0.3, 0.4) is 0 Å². The number of fused-ring (bicyclic) bond motifs is 1. The first-order valence-corrected chi connectivity index (χ1v) is 6.81. The summed E-state index contributed by atoms with van der Waals surface area (Å²) in [6.07, 6.45) is 2.22. The predicted molar refractivity (Wildman–Crippen MR) is 78.6 cm³/mol. The molecule has 0 heterocycles. The van der Waals surface area contributed by atoms with Gasteiger partial charge in [0.05, 0.1) is 5.02 Å². The lowest BCUT2D eigenvalue weighted by molar-refractivity contribution is 0.439. The molecule has 0 aromatic heterocycles. The number of benzene rings is 2. The van der Waals surface area contributed by atoms with Crippen molar-refractivity contribution in [1.82, 2.24) is 0 Å². The van der Waals surface area contributed by atoms with Crippen LogP contribution < -0.4 is 0 Å². The van der Waals surface area contributed by atoms with Crippen molar-refractivity contribution in [3.63, 3.8) is 0 Å². The van der Waals surface area contributed by atoms with E-state index in [4.69, 9.17) is 11.6 Å². The highest BCUT2D eigenvalue weighted by Crippen LogP contribution is 2.36. The van der Waals surface area contributed by atoms with Gasteiger partial charge in [-0.05, 0) is 35.3 Å². The SMILES string of the molecule is CCC(C)(CC)c1ccc2c(Cl)c(O)ccc2c1. The van der Waals surface area contributed by atoms with E-state index in [0.717, 1.165) is 23.6 Å². The maximum absolute atomic E-state index is 9.61. The first kappa shape index (κ1) is 13.2. The summed E-state index contributed by atoms with van der Waals surface area (Å²) in [6, 6.07) is 9.90. The van der Waals surface area contributed by atoms with Gasteiger partial charge < -0.3 is 5.11 Å². The molecule has 96 valence electrons. The van der Waals surface area contributed by atoms with Crippen molar-refractivity contribution < 1.29 is 5.11 Å². The van der Waals surface area contributed by atoms with Gasteiger partial charge in [-0.3, -0.25) is 0 Å². The van der Waals surface area contributed by atoms with E-state index >= 15 is 0 Å². The standard InChI is InChI=1S/C16H19ClO/c1-4-16(3,5-2)12-7-8-13-11(10-12)6-9-14(18)15(13)17/h6-10,18H,4-5H2,1-3H3. The molecule has 0 fully saturated rings. The Morgan fingerprint density at radius 2 is 1.78 bits per heavy atom. The third-order valence-electron chi connectivity index (χ3n) is 4.19. The maximum atomic E-state index is 9.61. The van der Waals surface area contributed by atoms with Crippen LogP contribution in [-0.2, 0) is 5.41 Å². The van der Waals surface area contributed by atoms with Gasteiger partial charge in [-0.25, -0.2) is 0 Å². The molecule has 2 rings (SSSR count). The summed E-state index contributed by atoms with van der Waals surface area (Å²) in [5.74, 6) is 0.144. The van der Waals surface area contributed by atoms with Gasteiger partial charge in [0, 0.05) is 5.39 Å². The van der Waals surface area contributed by atoms with Gasteiger partial charge in [-0.1, -0.05) is 56.6 Å². The second kappa shape index (κ2) is 4.81. The minimum Gasteiger partial charge on any atom is -0.506 e. The van der Waals surface area contributed by atoms with Crippen LogP contribution in [0.15, 0.2) is 30.3 Å². The number of aromatic hydroxyl groups is 1. The van der Waals surface area contributed by atoms with E-state index < -0.39 is 0 Å². The maximum Gasteiger partial charge on any atom is 0.134 e. The number of phenolic OH excluding ortho intramolecular Hbond substituents is 1. The Kier molecular flexibility index (Phi) is 3.54. The molecule has 0 amide bonds. The van der Waals surface area contributed by atoms with Gasteiger partial charge in [0.25, 0.3) is 0 Å². The summed E-state index contributed by atoms with van der Waals surface area (Å²) in [5.41, 5.74) is 1.54. The second-order valence-corrected chi connectivity index (χ2v) is 5.48. The molecule has 1 N–H and O–H groups in total. The van der Waals surface area contributed by atoms with Gasteiger partial charge in [-0.15, -0.1) is 0 Å². The van der Waals surface area contributed by atoms with Crippen LogP contribution >= 0.6 is 11.6 Å².